The fourth-order valence-electron chi connectivity index (χ4n) is 5.66. The van der Waals surface area contributed by atoms with Crippen molar-refractivity contribution in [1.29, 1.82) is 0 Å². The maximum atomic E-state index is 2.29. The number of halogens is 2. The zero-order valence-electron chi connectivity index (χ0n) is 27.6. The van der Waals surface area contributed by atoms with Crippen LogP contribution in [0.3, 0.4) is 0 Å². The molecular formula is C42H44Cl2P2. The minimum atomic E-state index is -0.508. The summed E-state index contributed by atoms with van der Waals surface area (Å²) in [6.07, 6.45) is 0. The minimum absolute atomic E-state index is 0. The first-order valence-electron chi connectivity index (χ1n) is 15.3. The molecule has 0 nitrogen and oxygen atoms in total. The summed E-state index contributed by atoms with van der Waals surface area (Å²) in [6, 6.07) is 52.8. The quantitative estimate of drug-likeness (QED) is 0.154. The Kier molecular flexibility index (Phi) is 14.3. The molecule has 0 radical (unpaired) electrons. The van der Waals surface area contributed by atoms with E-state index in [1.807, 2.05) is 0 Å². The van der Waals surface area contributed by atoms with Gasteiger partial charge in [0.05, 0.1) is 0 Å². The molecule has 46 heavy (non-hydrogen) atoms. The summed E-state index contributed by atoms with van der Waals surface area (Å²) in [5.41, 5.74) is 8.25. The van der Waals surface area contributed by atoms with E-state index >= 15 is 0 Å². The van der Waals surface area contributed by atoms with E-state index in [0.29, 0.717) is 0 Å². The lowest BCUT2D eigenvalue weighted by Crippen LogP contribution is -2.25. The number of rotatable bonds is 6. The molecule has 0 aromatic heterocycles. The van der Waals surface area contributed by atoms with Crippen LogP contribution < -0.4 is 31.8 Å². The molecule has 0 aliphatic heterocycles. The van der Waals surface area contributed by atoms with Gasteiger partial charge in [-0.15, -0.1) is 24.8 Å². The van der Waals surface area contributed by atoms with Crippen molar-refractivity contribution in [1.82, 2.24) is 0 Å². The number of benzene rings is 6. The van der Waals surface area contributed by atoms with Crippen molar-refractivity contribution in [2.75, 3.05) is 0 Å². The summed E-state index contributed by atoms with van der Waals surface area (Å²) in [5, 5.41) is 8.76. The average molecular weight is 682 g/mol. The van der Waals surface area contributed by atoms with Crippen LogP contribution in [-0.2, 0) is 0 Å². The van der Waals surface area contributed by atoms with E-state index in [-0.39, 0.29) is 24.8 Å². The van der Waals surface area contributed by atoms with E-state index in [9.17, 15) is 0 Å². The van der Waals surface area contributed by atoms with Gasteiger partial charge in [-0.2, -0.15) is 0 Å². The summed E-state index contributed by atoms with van der Waals surface area (Å²) in [5.74, 6) is 0. The Bertz CT molecular complexity index is 1510. The summed E-state index contributed by atoms with van der Waals surface area (Å²) in [4.78, 5) is 0. The van der Waals surface area contributed by atoms with E-state index in [0.717, 1.165) is 0 Å². The Morgan fingerprint density at radius 2 is 0.370 bits per heavy atom. The summed E-state index contributed by atoms with van der Waals surface area (Å²) < 4.78 is 0. The van der Waals surface area contributed by atoms with Gasteiger partial charge < -0.3 is 0 Å². The van der Waals surface area contributed by atoms with Crippen molar-refractivity contribution < 1.29 is 0 Å². The third-order valence-corrected chi connectivity index (χ3v) is 14.0. The van der Waals surface area contributed by atoms with Crippen LogP contribution in [0.1, 0.15) is 33.4 Å². The maximum Gasteiger partial charge on any atom is -0.0122 e. The maximum absolute atomic E-state index is 2.29. The predicted molar refractivity (Wildman–Crippen MR) is 213 cm³/mol. The fraction of sp³-hybridized carbons (Fsp3) is 0.143. The SMILES string of the molecule is Cc1ccccc1P(c1ccccc1C)c1ccccc1C.Cc1ccccc1P(c1ccccc1C)c1ccccc1C.Cl.Cl. The standard InChI is InChI=1S/2C21H21P.2ClH/c2*1-16-10-4-7-13-19(16)22(20-14-8-5-11-17(20)2)21-15-9-6-12-18(21)3;;/h2*4-15H,1-3H3;2*1H. The number of hydrogen-bond acceptors (Lipinski definition) is 0. The van der Waals surface area contributed by atoms with Crippen molar-refractivity contribution in [3.63, 3.8) is 0 Å². The van der Waals surface area contributed by atoms with Crippen molar-refractivity contribution in [3.05, 3.63) is 179 Å². The van der Waals surface area contributed by atoms with Gasteiger partial charge in [0.15, 0.2) is 0 Å². The molecule has 0 N–H and O–H groups in total. The molecule has 0 aliphatic carbocycles. The van der Waals surface area contributed by atoms with Crippen LogP contribution in [0.2, 0.25) is 0 Å². The van der Waals surface area contributed by atoms with E-state index in [1.54, 1.807) is 0 Å². The summed E-state index contributed by atoms with van der Waals surface area (Å²) in [6.45, 7) is 13.3. The third kappa shape index (κ3) is 8.56. The van der Waals surface area contributed by atoms with Crippen molar-refractivity contribution in [2.45, 2.75) is 41.5 Å². The second kappa shape index (κ2) is 17.6. The van der Waals surface area contributed by atoms with Crippen LogP contribution >= 0.6 is 40.7 Å². The molecule has 4 heteroatoms. The lowest BCUT2D eigenvalue weighted by atomic mass is 10.2. The summed E-state index contributed by atoms with van der Waals surface area (Å²) >= 11 is 0. The molecule has 0 fully saturated rings. The zero-order chi connectivity index (χ0) is 31.1. The third-order valence-electron chi connectivity index (χ3n) is 8.14. The van der Waals surface area contributed by atoms with E-state index in [4.69, 9.17) is 0 Å². The smallest absolute Gasteiger partial charge is 0.0122 e. The first kappa shape index (κ1) is 37.2. The monoisotopic (exact) mass is 680 g/mol. The molecule has 0 unspecified atom stereocenters. The molecule has 236 valence electrons. The van der Waals surface area contributed by atoms with Crippen LogP contribution in [0.15, 0.2) is 146 Å². The molecule has 6 rings (SSSR count). The molecule has 6 aromatic carbocycles. The van der Waals surface area contributed by atoms with Gasteiger partial charge >= 0.3 is 0 Å². The van der Waals surface area contributed by atoms with Crippen LogP contribution in [-0.4, -0.2) is 0 Å². The molecule has 0 bridgehead atoms. The number of aryl methyl sites for hydroxylation is 6. The van der Waals surface area contributed by atoms with E-state index in [1.165, 1.54) is 65.2 Å². The van der Waals surface area contributed by atoms with E-state index in [2.05, 4.69) is 187 Å². The average Bonchev–Trinajstić information content (AvgIpc) is 3.03. The summed E-state index contributed by atoms with van der Waals surface area (Å²) in [7, 11) is -1.02. The van der Waals surface area contributed by atoms with Crippen LogP contribution in [0.4, 0.5) is 0 Å². The minimum Gasteiger partial charge on any atom is -0.147 e. The van der Waals surface area contributed by atoms with Crippen LogP contribution in [0, 0.1) is 41.5 Å². The second-order valence-corrected chi connectivity index (χ2v) is 15.6. The highest BCUT2D eigenvalue weighted by molar-refractivity contribution is 7.80. The van der Waals surface area contributed by atoms with Gasteiger partial charge in [0, 0.05) is 0 Å². The van der Waals surface area contributed by atoms with Gasteiger partial charge in [-0.3, -0.25) is 0 Å². The normalized spacial score (nSPS) is 10.4. The highest BCUT2D eigenvalue weighted by Crippen LogP contribution is 2.37. The largest absolute Gasteiger partial charge is 0.147 e. The molecule has 0 aliphatic rings. The first-order chi connectivity index (χ1) is 21.4. The van der Waals surface area contributed by atoms with Gasteiger partial charge in [0.2, 0.25) is 0 Å². The molecule has 6 aromatic rings. The highest BCUT2D eigenvalue weighted by Gasteiger charge is 2.22. The molecule has 0 atom stereocenters. The van der Waals surface area contributed by atoms with Crippen molar-refractivity contribution >= 4 is 72.5 Å². The lowest BCUT2D eigenvalue weighted by Gasteiger charge is -2.24. The van der Waals surface area contributed by atoms with Gasteiger partial charge in [-0.05, 0) is 123 Å². The molecule has 0 spiro atoms. The second-order valence-electron chi connectivity index (χ2n) is 11.4. The Balaban J connectivity index is 0.000000240. The van der Waals surface area contributed by atoms with Gasteiger partial charge in [0.1, 0.15) is 0 Å². The topological polar surface area (TPSA) is 0 Å². The van der Waals surface area contributed by atoms with Crippen LogP contribution in [0.5, 0.6) is 0 Å². The van der Waals surface area contributed by atoms with Gasteiger partial charge in [-0.1, -0.05) is 146 Å². The van der Waals surface area contributed by atoms with Gasteiger partial charge in [-0.25, -0.2) is 0 Å². The molecule has 0 saturated heterocycles. The van der Waals surface area contributed by atoms with Crippen LogP contribution in [0.25, 0.3) is 0 Å². The van der Waals surface area contributed by atoms with E-state index < -0.39 is 15.8 Å². The van der Waals surface area contributed by atoms with Crippen molar-refractivity contribution in [3.8, 4) is 0 Å². The first-order valence-corrected chi connectivity index (χ1v) is 18.0. The highest BCUT2D eigenvalue weighted by atomic mass is 35.5. The Morgan fingerprint density at radius 3 is 0.500 bits per heavy atom. The Morgan fingerprint density at radius 1 is 0.239 bits per heavy atom. The lowest BCUT2D eigenvalue weighted by molar-refractivity contribution is 1.49. The molecule has 0 amide bonds. The Labute approximate surface area is 291 Å². The predicted octanol–water partition coefficient (Wildman–Crippen LogP) is 9.58. The molecule has 0 heterocycles. The molecular weight excluding hydrogens is 637 g/mol. The number of hydrogen-bond donors (Lipinski definition) is 0. The Hall–Kier alpha value is -3.24. The van der Waals surface area contributed by atoms with Crippen molar-refractivity contribution in [2.24, 2.45) is 0 Å². The molecule has 0 saturated carbocycles. The zero-order valence-corrected chi connectivity index (χ0v) is 31.0. The van der Waals surface area contributed by atoms with Gasteiger partial charge in [0.25, 0.3) is 0 Å². The fourth-order valence-corrected chi connectivity index (χ4v) is 11.2.